The molecule has 0 radical (unpaired) electrons. The predicted octanol–water partition coefficient (Wildman–Crippen LogP) is 3.23. The van der Waals surface area contributed by atoms with Crippen molar-refractivity contribution in [3.05, 3.63) is 66.5 Å². The number of nitrogens with one attached hydrogen (secondary N) is 1. The molecule has 5 heteroatoms. The van der Waals surface area contributed by atoms with Crippen LogP contribution in [0.5, 0.6) is 0 Å². The molecule has 0 aliphatic heterocycles. The Bertz CT molecular complexity index is 829. The number of aromatic nitrogens is 2. The van der Waals surface area contributed by atoms with E-state index in [1.54, 1.807) is 6.33 Å². The van der Waals surface area contributed by atoms with Crippen molar-refractivity contribution in [2.45, 2.75) is 31.8 Å². The Labute approximate surface area is 147 Å². The summed E-state index contributed by atoms with van der Waals surface area (Å²) in [5.74, 6) is -0.0602. The number of rotatable bonds is 7. The fourth-order valence-electron chi connectivity index (χ4n) is 3.01. The van der Waals surface area contributed by atoms with E-state index < -0.39 is 0 Å². The van der Waals surface area contributed by atoms with E-state index in [1.165, 1.54) is 0 Å². The molecule has 2 atom stereocenters. The number of amides is 1. The lowest BCUT2D eigenvalue weighted by Crippen LogP contribution is -2.34. The number of carbonyl (C=O) groups excluding carboxylic acids is 1. The van der Waals surface area contributed by atoms with Gasteiger partial charge < -0.3 is 15.0 Å². The van der Waals surface area contributed by atoms with Gasteiger partial charge in [0.25, 0.3) is 0 Å². The van der Waals surface area contributed by atoms with E-state index in [2.05, 4.69) is 10.3 Å². The van der Waals surface area contributed by atoms with Gasteiger partial charge in [-0.15, -0.1) is 0 Å². The van der Waals surface area contributed by atoms with E-state index in [-0.39, 0.29) is 24.6 Å². The first-order valence-corrected chi connectivity index (χ1v) is 8.58. The van der Waals surface area contributed by atoms with Crippen LogP contribution in [0.15, 0.2) is 60.9 Å². The van der Waals surface area contributed by atoms with E-state index in [0.717, 1.165) is 16.6 Å². The topological polar surface area (TPSA) is 67.2 Å². The molecule has 0 aliphatic carbocycles. The van der Waals surface area contributed by atoms with Crippen molar-refractivity contribution < 1.29 is 9.90 Å². The summed E-state index contributed by atoms with van der Waals surface area (Å²) in [5, 5.41) is 12.3. The van der Waals surface area contributed by atoms with Crippen molar-refractivity contribution in [3.63, 3.8) is 0 Å². The molecule has 0 bridgehead atoms. The summed E-state index contributed by atoms with van der Waals surface area (Å²) < 4.78 is 1.89. The molecule has 1 aromatic heterocycles. The normalized spacial score (nSPS) is 13.5. The van der Waals surface area contributed by atoms with Crippen LogP contribution >= 0.6 is 0 Å². The van der Waals surface area contributed by atoms with E-state index >= 15 is 0 Å². The van der Waals surface area contributed by atoms with E-state index in [9.17, 15) is 4.79 Å². The number of aliphatic hydroxyl groups is 1. The molecule has 3 aromatic rings. The third kappa shape index (κ3) is 3.88. The second-order valence-corrected chi connectivity index (χ2v) is 6.15. The SMILES string of the molecule is CC(C(=O)NC(CCCO)c1ccccc1)n1cnc2ccccc21. The molecule has 0 saturated carbocycles. The van der Waals surface area contributed by atoms with Gasteiger partial charge in [0, 0.05) is 6.61 Å². The molecule has 2 N–H and O–H groups in total. The molecule has 0 aliphatic rings. The van der Waals surface area contributed by atoms with Gasteiger partial charge in [-0.1, -0.05) is 42.5 Å². The third-order valence-electron chi connectivity index (χ3n) is 4.45. The standard InChI is InChI=1S/C20H23N3O2/c1-15(23-14-21-18-10-5-6-12-19(18)23)20(25)22-17(11-7-13-24)16-8-3-2-4-9-16/h2-6,8-10,12,14-15,17,24H,7,11,13H2,1H3,(H,22,25). The van der Waals surface area contributed by atoms with Crippen molar-refractivity contribution in [3.8, 4) is 0 Å². The maximum atomic E-state index is 12.8. The summed E-state index contributed by atoms with van der Waals surface area (Å²) in [6.45, 7) is 1.98. The minimum Gasteiger partial charge on any atom is -0.396 e. The highest BCUT2D eigenvalue weighted by Gasteiger charge is 2.21. The number of imidazole rings is 1. The molecule has 2 unspecified atom stereocenters. The molecule has 5 nitrogen and oxygen atoms in total. The van der Waals surface area contributed by atoms with Crippen molar-refractivity contribution in [1.82, 2.24) is 14.9 Å². The quantitative estimate of drug-likeness (QED) is 0.695. The molecule has 25 heavy (non-hydrogen) atoms. The Morgan fingerprint density at radius 3 is 2.64 bits per heavy atom. The first-order chi connectivity index (χ1) is 12.2. The highest BCUT2D eigenvalue weighted by Crippen LogP contribution is 2.21. The minimum absolute atomic E-state index is 0.0602. The van der Waals surface area contributed by atoms with Crippen LogP contribution in [0.2, 0.25) is 0 Å². The number of carbonyl (C=O) groups is 1. The van der Waals surface area contributed by atoms with E-state index in [4.69, 9.17) is 5.11 Å². The van der Waals surface area contributed by atoms with Crippen LogP contribution < -0.4 is 5.32 Å². The van der Waals surface area contributed by atoms with Gasteiger partial charge >= 0.3 is 0 Å². The number of aliphatic hydroxyl groups excluding tert-OH is 1. The molecule has 3 rings (SSSR count). The average Bonchev–Trinajstić information content (AvgIpc) is 3.09. The summed E-state index contributed by atoms with van der Waals surface area (Å²) in [4.78, 5) is 17.2. The zero-order valence-corrected chi connectivity index (χ0v) is 14.3. The Morgan fingerprint density at radius 2 is 1.88 bits per heavy atom. The van der Waals surface area contributed by atoms with Crippen molar-refractivity contribution in [2.75, 3.05) is 6.61 Å². The zero-order valence-electron chi connectivity index (χ0n) is 14.3. The molecule has 1 heterocycles. The van der Waals surface area contributed by atoms with Crippen LogP contribution in [-0.2, 0) is 4.79 Å². The number of para-hydroxylation sites is 2. The van der Waals surface area contributed by atoms with Crippen molar-refractivity contribution >= 4 is 16.9 Å². The number of fused-ring (bicyclic) bond motifs is 1. The maximum Gasteiger partial charge on any atom is 0.243 e. The van der Waals surface area contributed by atoms with Gasteiger partial charge in [-0.25, -0.2) is 4.98 Å². The van der Waals surface area contributed by atoms with Crippen molar-refractivity contribution in [1.29, 1.82) is 0 Å². The number of hydrogen-bond acceptors (Lipinski definition) is 3. The zero-order chi connectivity index (χ0) is 17.6. The Kier molecular flexibility index (Phi) is 5.46. The van der Waals surface area contributed by atoms with Gasteiger partial charge in [-0.2, -0.15) is 0 Å². The van der Waals surface area contributed by atoms with Gasteiger partial charge in [0.1, 0.15) is 6.04 Å². The molecule has 130 valence electrons. The molecule has 0 saturated heterocycles. The highest BCUT2D eigenvalue weighted by atomic mass is 16.3. The summed E-state index contributed by atoms with van der Waals surface area (Å²) in [5.41, 5.74) is 2.87. The Morgan fingerprint density at radius 1 is 1.16 bits per heavy atom. The van der Waals surface area contributed by atoms with E-state index in [1.807, 2.05) is 66.1 Å². The second kappa shape index (κ2) is 7.94. The van der Waals surface area contributed by atoms with Gasteiger partial charge in [0.15, 0.2) is 0 Å². The summed E-state index contributed by atoms with van der Waals surface area (Å²) in [6.07, 6.45) is 3.05. The first kappa shape index (κ1) is 17.2. The van der Waals surface area contributed by atoms with Crippen molar-refractivity contribution in [2.24, 2.45) is 0 Å². The van der Waals surface area contributed by atoms with Gasteiger partial charge in [-0.3, -0.25) is 4.79 Å². The molecule has 0 fully saturated rings. The summed E-state index contributed by atoms with van der Waals surface area (Å²) in [6, 6.07) is 17.2. The molecule has 1 amide bonds. The van der Waals surface area contributed by atoms with Crippen LogP contribution in [0.4, 0.5) is 0 Å². The molecule has 2 aromatic carbocycles. The second-order valence-electron chi connectivity index (χ2n) is 6.15. The maximum absolute atomic E-state index is 12.8. The fraction of sp³-hybridized carbons (Fsp3) is 0.300. The summed E-state index contributed by atoms with van der Waals surface area (Å²) >= 11 is 0. The summed E-state index contributed by atoms with van der Waals surface area (Å²) in [7, 11) is 0. The van der Waals surface area contributed by atoms with Crippen LogP contribution in [0, 0.1) is 0 Å². The van der Waals surface area contributed by atoms with Gasteiger partial charge in [0.05, 0.1) is 23.4 Å². The lowest BCUT2D eigenvalue weighted by molar-refractivity contribution is -0.124. The highest BCUT2D eigenvalue weighted by molar-refractivity contribution is 5.83. The van der Waals surface area contributed by atoms with Crippen LogP contribution in [0.3, 0.4) is 0 Å². The molecular weight excluding hydrogens is 314 g/mol. The van der Waals surface area contributed by atoms with Crippen LogP contribution in [-0.4, -0.2) is 27.2 Å². The third-order valence-corrected chi connectivity index (χ3v) is 4.45. The fourth-order valence-corrected chi connectivity index (χ4v) is 3.01. The van der Waals surface area contributed by atoms with Crippen LogP contribution in [0.1, 0.15) is 37.4 Å². The number of hydrogen-bond donors (Lipinski definition) is 2. The number of nitrogens with zero attached hydrogens (tertiary/aromatic N) is 2. The average molecular weight is 337 g/mol. The Balaban J connectivity index is 1.78. The lowest BCUT2D eigenvalue weighted by Gasteiger charge is -2.22. The minimum atomic E-state index is -0.368. The molecular formula is C20H23N3O2. The molecule has 0 spiro atoms. The van der Waals surface area contributed by atoms with Gasteiger partial charge in [-0.05, 0) is 37.5 Å². The monoisotopic (exact) mass is 337 g/mol. The van der Waals surface area contributed by atoms with Gasteiger partial charge in [0.2, 0.25) is 5.91 Å². The Hall–Kier alpha value is -2.66. The van der Waals surface area contributed by atoms with Crippen LogP contribution in [0.25, 0.3) is 11.0 Å². The van der Waals surface area contributed by atoms with E-state index in [0.29, 0.717) is 12.8 Å². The number of benzene rings is 2. The lowest BCUT2D eigenvalue weighted by atomic mass is 10.0. The first-order valence-electron chi connectivity index (χ1n) is 8.58. The largest absolute Gasteiger partial charge is 0.396 e. The smallest absolute Gasteiger partial charge is 0.243 e. The predicted molar refractivity (Wildman–Crippen MR) is 98.1 cm³/mol.